The molecule has 1 aliphatic rings. The summed E-state index contributed by atoms with van der Waals surface area (Å²) in [5.41, 5.74) is 0.346. The van der Waals surface area contributed by atoms with Crippen molar-refractivity contribution < 1.29 is 38.2 Å². The SMILES string of the molecule is O=C(N[C@@H](CNC(=O)c1ccc(Cl)s1)C(=O)N(F)c1ccc(N2CCOCC2=O)cc1)OCCO. The zero-order valence-corrected chi connectivity index (χ0v) is 19.8. The fraction of sp³-hybridized carbons (Fsp3) is 0.333. The van der Waals surface area contributed by atoms with Crippen LogP contribution in [0.5, 0.6) is 0 Å². The average molecular weight is 529 g/mol. The maximum atomic E-state index is 15.0. The van der Waals surface area contributed by atoms with E-state index in [0.717, 1.165) is 11.3 Å². The van der Waals surface area contributed by atoms with Gasteiger partial charge in [0, 0.05) is 18.8 Å². The lowest BCUT2D eigenvalue weighted by Gasteiger charge is -2.27. The Morgan fingerprint density at radius 2 is 2.00 bits per heavy atom. The first kappa shape index (κ1) is 26.3. The van der Waals surface area contributed by atoms with E-state index in [1.54, 1.807) is 0 Å². The van der Waals surface area contributed by atoms with Crippen molar-refractivity contribution in [3.05, 3.63) is 45.6 Å². The second kappa shape index (κ2) is 12.4. The number of halogens is 2. The maximum Gasteiger partial charge on any atom is 0.407 e. The number of morpholine rings is 1. The van der Waals surface area contributed by atoms with Crippen molar-refractivity contribution in [1.29, 1.82) is 0 Å². The molecule has 1 aromatic heterocycles. The molecule has 1 saturated heterocycles. The van der Waals surface area contributed by atoms with Crippen LogP contribution in [0.25, 0.3) is 0 Å². The van der Waals surface area contributed by atoms with E-state index >= 15 is 4.48 Å². The van der Waals surface area contributed by atoms with Gasteiger partial charge in [0.15, 0.2) is 0 Å². The van der Waals surface area contributed by atoms with Crippen LogP contribution < -0.4 is 20.7 Å². The number of hydrogen-bond acceptors (Lipinski definition) is 8. The highest BCUT2D eigenvalue weighted by molar-refractivity contribution is 7.18. The molecule has 1 aliphatic heterocycles. The molecule has 2 heterocycles. The zero-order chi connectivity index (χ0) is 25.4. The molecular formula is C21H22ClFN4O7S. The van der Waals surface area contributed by atoms with E-state index in [-0.39, 0.29) is 34.8 Å². The van der Waals surface area contributed by atoms with Gasteiger partial charge in [0.2, 0.25) is 0 Å². The number of carbonyl (C=O) groups excluding carboxylic acids is 4. The van der Waals surface area contributed by atoms with E-state index in [4.69, 9.17) is 21.4 Å². The van der Waals surface area contributed by atoms with E-state index in [1.807, 2.05) is 0 Å². The van der Waals surface area contributed by atoms with Gasteiger partial charge in [0.1, 0.15) is 19.3 Å². The molecule has 0 spiro atoms. The van der Waals surface area contributed by atoms with Gasteiger partial charge < -0.3 is 30.1 Å². The van der Waals surface area contributed by atoms with Gasteiger partial charge in [-0.1, -0.05) is 16.1 Å². The van der Waals surface area contributed by atoms with Gasteiger partial charge in [-0.15, -0.1) is 16.5 Å². The zero-order valence-electron chi connectivity index (χ0n) is 18.2. The van der Waals surface area contributed by atoms with E-state index in [1.165, 1.54) is 41.3 Å². The molecule has 11 nitrogen and oxygen atoms in total. The maximum absolute atomic E-state index is 15.0. The first-order chi connectivity index (χ1) is 16.8. The fourth-order valence-corrected chi connectivity index (χ4v) is 4.02. The number of nitrogens with zero attached hydrogens (tertiary/aromatic N) is 2. The number of benzene rings is 1. The first-order valence-electron chi connectivity index (χ1n) is 10.4. The molecule has 4 amide bonds. The van der Waals surface area contributed by atoms with Crippen molar-refractivity contribution in [3.63, 3.8) is 0 Å². The molecule has 0 aliphatic carbocycles. The highest BCUT2D eigenvalue weighted by Gasteiger charge is 2.29. The highest BCUT2D eigenvalue weighted by atomic mass is 35.5. The van der Waals surface area contributed by atoms with Gasteiger partial charge in [0.25, 0.3) is 17.7 Å². The molecule has 0 saturated carbocycles. The summed E-state index contributed by atoms with van der Waals surface area (Å²) < 4.78 is 25.1. The third-order valence-electron chi connectivity index (χ3n) is 4.75. The van der Waals surface area contributed by atoms with Gasteiger partial charge in [-0.2, -0.15) is 0 Å². The minimum Gasteiger partial charge on any atom is -0.447 e. The molecule has 2 aromatic rings. The molecule has 0 unspecified atom stereocenters. The monoisotopic (exact) mass is 528 g/mol. The van der Waals surface area contributed by atoms with Crippen LogP contribution in [0.2, 0.25) is 4.34 Å². The summed E-state index contributed by atoms with van der Waals surface area (Å²) in [4.78, 5) is 50.8. The van der Waals surface area contributed by atoms with E-state index < -0.39 is 37.1 Å². The largest absolute Gasteiger partial charge is 0.447 e. The van der Waals surface area contributed by atoms with Gasteiger partial charge in [-0.25, -0.2) is 4.79 Å². The van der Waals surface area contributed by atoms with Gasteiger partial charge in [0.05, 0.1) is 28.1 Å². The number of aliphatic hydroxyl groups excluding tert-OH is 1. The van der Waals surface area contributed by atoms with Crippen LogP contribution in [-0.4, -0.2) is 74.5 Å². The molecule has 35 heavy (non-hydrogen) atoms. The highest BCUT2D eigenvalue weighted by Crippen LogP contribution is 2.23. The van der Waals surface area contributed by atoms with Gasteiger partial charge >= 0.3 is 6.09 Å². The number of hydrogen-bond donors (Lipinski definition) is 3. The van der Waals surface area contributed by atoms with Crippen molar-refractivity contribution in [2.24, 2.45) is 0 Å². The minimum absolute atomic E-state index is 0.0569. The number of rotatable bonds is 9. The summed E-state index contributed by atoms with van der Waals surface area (Å²) in [7, 11) is 0. The number of aliphatic hydroxyl groups is 1. The van der Waals surface area contributed by atoms with Gasteiger partial charge in [-0.05, 0) is 36.4 Å². The van der Waals surface area contributed by atoms with Crippen molar-refractivity contribution in [3.8, 4) is 0 Å². The Hall–Kier alpha value is -3.26. The Kier molecular flexibility index (Phi) is 9.37. The summed E-state index contributed by atoms with van der Waals surface area (Å²) in [6.07, 6.45) is -1.08. The average Bonchev–Trinajstić information content (AvgIpc) is 3.31. The second-order valence-corrected chi connectivity index (χ2v) is 8.82. The fourth-order valence-electron chi connectivity index (χ4n) is 3.06. The van der Waals surface area contributed by atoms with Crippen LogP contribution in [0.15, 0.2) is 36.4 Å². The second-order valence-electron chi connectivity index (χ2n) is 7.10. The van der Waals surface area contributed by atoms with Crippen molar-refractivity contribution >= 4 is 58.1 Å². The van der Waals surface area contributed by atoms with Crippen LogP contribution >= 0.6 is 22.9 Å². The topological polar surface area (TPSA) is 138 Å². The van der Waals surface area contributed by atoms with Crippen LogP contribution in [-0.2, 0) is 19.1 Å². The lowest BCUT2D eigenvalue weighted by atomic mass is 10.2. The van der Waals surface area contributed by atoms with Crippen LogP contribution in [0.4, 0.5) is 20.7 Å². The van der Waals surface area contributed by atoms with Crippen LogP contribution in [0.3, 0.4) is 0 Å². The number of carbonyl (C=O) groups is 4. The lowest BCUT2D eigenvalue weighted by Crippen LogP contribution is -2.52. The normalized spacial score (nSPS) is 14.3. The van der Waals surface area contributed by atoms with Crippen molar-refractivity contribution in [2.45, 2.75) is 6.04 Å². The number of amides is 4. The molecule has 188 valence electrons. The third-order valence-corrected chi connectivity index (χ3v) is 5.98. The molecule has 3 N–H and O–H groups in total. The lowest BCUT2D eigenvalue weighted by molar-refractivity contribution is -0.125. The van der Waals surface area contributed by atoms with Crippen molar-refractivity contribution in [2.75, 3.05) is 49.5 Å². The molecule has 14 heteroatoms. The quantitative estimate of drug-likeness (QED) is 0.419. The number of nitrogens with one attached hydrogen (secondary N) is 2. The number of ether oxygens (including phenoxy) is 2. The molecule has 1 atom stereocenters. The van der Waals surface area contributed by atoms with E-state index in [9.17, 15) is 19.2 Å². The molecular weight excluding hydrogens is 507 g/mol. The first-order valence-corrected chi connectivity index (χ1v) is 11.5. The molecule has 0 bridgehead atoms. The van der Waals surface area contributed by atoms with Crippen LogP contribution in [0.1, 0.15) is 9.67 Å². The number of anilines is 2. The number of alkyl carbamates (subject to hydrolysis) is 1. The molecule has 1 fully saturated rings. The summed E-state index contributed by atoms with van der Waals surface area (Å²) in [5.74, 6) is -2.01. The van der Waals surface area contributed by atoms with Crippen molar-refractivity contribution in [1.82, 2.24) is 10.6 Å². The van der Waals surface area contributed by atoms with E-state index in [2.05, 4.69) is 15.4 Å². The minimum atomic E-state index is -1.54. The summed E-state index contributed by atoms with van der Waals surface area (Å²) in [6, 6.07) is 6.99. The Balaban J connectivity index is 1.70. The Bertz CT molecular complexity index is 1070. The molecule has 0 radical (unpaired) electrons. The number of thiophene rings is 1. The Morgan fingerprint density at radius 3 is 2.63 bits per heavy atom. The summed E-state index contributed by atoms with van der Waals surface area (Å²) in [5, 5.41) is 13.2. The molecule has 3 rings (SSSR count). The van der Waals surface area contributed by atoms with E-state index in [0.29, 0.717) is 23.2 Å². The summed E-state index contributed by atoms with van der Waals surface area (Å²) >= 11 is 6.82. The Labute approximate surface area is 208 Å². The van der Waals surface area contributed by atoms with Gasteiger partial charge in [-0.3, -0.25) is 14.4 Å². The standard InChI is InChI=1S/C21H22ClFN4O7S/c22-17-6-5-16(35-17)19(30)24-11-15(25-21(32)34-10-8-28)20(31)27(23)14-3-1-13(2-4-14)26-7-9-33-12-18(26)29/h1-6,15,28H,7-12H2,(H,24,30)(H,25,32)/t15-/m0/s1. The predicted octanol–water partition coefficient (Wildman–Crippen LogP) is 1.50. The molecule has 1 aromatic carbocycles. The predicted molar refractivity (Wildman–Crippen MR) is 125 cm³/mol. The smallest absolute Gasteiger partial charge is 0.407 e. The third kappa shape index (κ3) is 7.11. The summed E-state index contributed by atoms with van der Waals surface area (Å²) in [6.45, 7) is -0.596. The Morgan fingerprint density at radius 1 is 1.26 bits per heavy atom. The van der Waals surface area contributed by atoms with Crippen LogP contribution in [0, 0.1) is 0 Å².